The zero-order chi connectivity index (χ0) is 10.7. The second-order valence-electron chi connectivity index (χ2n) is 4.02. The fourth-order valence-corrected chi connectivity index (χ4v) is 1.91. The highest BCUT2D eigenvalue weighted by Gasteiger charge is 2.12. The van der Waals surface area contributed by atoms with Gasteiger partial charge in [-0.2, -0.15) is 0 Å². The minimum Gasteiger partial charge on any atom is -0.396 e. The van der Waals surface area contributed by atoms with Crippen LogP contribution in [0.1, 0.15) is 12.0 Å². The number of rotatable bonds is 1. The quantitative estimate of drug-likeness (QED) is 0.712. The van der Waals surface area contributed by atoms with Crippen molar-refractivity contribution in [1.82, 2.24) is 10.3 Å². The molecule has 2 heterocycles. The van der Waals surface area contributed by atoms with Gasteiger partial charge in [-0.1, -0.05) is 0 Å². The third-order valence-corrected chi connectivity index (χ3v) is 2.67. The van der Waals surface area contributed by atoms with E-state index in [9.17, 15) is 0 Å². The highest BCUT2D eigenvalue weighted by Crippen LogP contribution is 2.21. The highest BCUT2D eigenvalue weighted by atomic mass is 15.2. The maximum atomic E-state index is 5.98. The molecule has 1 aliphatic heterocycles. The van der Waals surface area contributed by atoms with Crippen LogP contribution in [-0.2, 0) is 0 Å². The Morgan fingerprint density at radius 3 is 3.07 bits per heavy atom. The summed E-state index contributed by atoms with van der Waals surface area (Å²) in [6.07, 6.45) is 3.03. The predicted molar refractivity (Wildman–Crippen MR) is 63.1 cm³/mol. The van der Waals surface area contributed by atoms with Crippen molar-refractivity contribution >= 4 is 11.5 Å². The van der Waals surface area contributed by atoms with Gasteiger partial charge in [-0.3, -0.25) is 0 Å². The van der Waals surface area contributed by atoms with Gasteiger partial charge in [0.1, 0.15) is 0 Å². The SMILES string of the molecule is Cc1cnc(N2CCCNCC2)c(N)c1. The van der Waals surface area contributed by atoms with Crippen LogP contribution < -0.4 is 16.0 Å². The number of nitrogens with one attached hydrogen (secondary N) is 1. The standard InChI is InChI=1S/C11H18N4/c1-9-7-10(12)11(14-8-9)15-5-2-3-13-4-6-15/h7-8,13H,2-6,12H2,1H3. The summed E-state index contributed by atoms with van der Waals surface area (Å²) in [6, 6.07) is 1.99. The van der Waals surface area contributed by atoms with Crippen LogP contribution in [0.2, 0.25) is 0 Å². The average Bonchev–Trinajstić information content (AvgIpc) is 2.46. The molecular formula is C11H18N4. The van der Waals surface area contributed by atoms with Crippen LogP contribution in [0.4, 0.5) is 11.5 Å². The molecule has 0 radical (unpaired) electrons. The molecule has 0 aromatic carbocycles. The molecule has 1 aromatic heterocycles. The summed E-state index contributed by atoms with van der Waals surface area (Å²) in [4.78, 5) is 6.68. The average molecular weight is 206 g/mol. The van der Waals surface area contributed by atoms with Crippen LogP contribution in [0.15, 0.2) is 12.3 Å². The first-order valence-corrected chi connectivity index (χ1v) is 5.45. The maximum Gasteiger partial charge on any atom is 0.151 e. The van der Waals surface area contributed by atoms with Crippen molar-refractivity contribution in [3.05, 3.63) is 17.8 Å². The van der Waals surface area contributed by atoms with E-state index >= 15 is 0 Å². The van der Waals surface area contributed by atoms with Crippen LogP contribution in [0.3, 0.4) is 0 Å². The van der Waals surface area contributed by atoms with Crippen molar-refractivity contribution in [1.29, 1.82) is 0 Å². The lowest BCUT2D eigenvalue weighted by Gasteiger charge is -2.22. The van der Waals surface area contributed by atoms with E-state index in [4.69, 9.17) is 5.73 Å². The van der Waals surface area contributed by atoms with Crippen molar-refractivity contribution in [2.45, 2.75) is 13.3 Å². The number of nitrogens with zero attached hydrogens (tertiary/aromatic N) is 2. The van der Waals surface area contributed by atoms with Gasteiger partial charge in [0.15, 0.2) is 5.82 Å². The van der Waals surface area contributed by atoms with Gasteiger partial charge < -0.3 is 16.0 Å². The van der Waals surface area contributed by atoms with Gasteiger partial charge in [0.05, 0.1) is 5.69 Å². The zero-order valence-corrected chi connectivity index (χ0v) is 9.16. The Morgan fingerprint density at radius 2 is 2.27 bits per heavy atom. The van der Waals surface area contributed by atoms with Gasteiger partial charge in [-0.15, -0.1) is 0 Å². The first-order chi connectivity index (χ1) is 7.27. The van der Waals surface area contributed by atoms with E-state index in [0.29, 0.717) is 0 Å². The molecule has 1 aliphatic rings. The summed E-state index contributed by atoms with van der Waals surface area (Å²) < 4.78 is 0. The summed E-state index contributed by atoms with van der Waals surface area (Å²) in [5.41, 5.74) is 7.88. The first kappa shape index (κ1) is 10.2. The molecule has 4 heteroatoms. The molecule has 1 fully saturated rings. The van der Waals surface area contributed by atoms with E-state index in [0.717, 1.165) is 49.7 Å². The smallest absolute Gasteiger partial charge is 0.151 e. The van der Waals surface area contributed by atoms with Crippen LogP contribution in [0, 0.1) is 6.92 Å². The third kappa shape index (κ3) is 2.39. The number of hydrogen-bond donors (Lipinski definition) is 2. The van der Waals surface area contributed by atoms with Crippen molar-refractivity contribution in [2.75, 3.05) is 36.8 Å². The zero-order valence-electron chi connectivity index (χ0n) is 9.16. The Labute approximate surface area is 90.5 Å². The largest absolute Gasteiger partial charge is 0.396 e. The minimum absolute atomic E-state index is 0.789. The third-order valence-electron chi connectivity index (χ3n) is 2.67. The Hall–Kier alpha value is -1.29. The lowest BCUT2D eigenvalue weighted by Crippen LogP contribution is -2.29. The second kappa shape index (κ2) is 4.49. The van der Waals surface area contributed by atoms with Crippen LogP contribution >= 0.6 is 0 Å². The van der Waals surface area contributed by atoms with E-state index in [2.05, 4.69) is 15.2 Å². The normalized spacial score (nSPS) is 17.5. The minimum atomic E-state index is 0.789. The first-order valence-electron chi connectivity index (χ1n) is 5.45. The Bertz CT molecular complexity index is 329. The molecule has 0 atom stereocenters. The molecule has 2 rings (SSSR count). The summed E-state index contributed by atoms with van der Waals surface area (Å²) >= 11 is 0. The van der Waals surface area contributed by atoms with Gasteiger partial charge >= 0.3 is 0 Å². The van der Waals surface area contributed by atoms with E-state index in [1.807, 2.05) is 19.2 Å². The van der Waals surface area contributed by atoms with Crippen molar-refractivity contribution in [3.8, 4) is 0 Å². The van der Waals surface area contributed by atoms with Gasteiger partial charge in [-0.25, -0.2) is 4.98 Å². The number of nitrogen functional groups attached to an aromatic ring is 1. The molecule has 15 heavy (non-hydrogen) atoms. The summed E-state index contributed by atoms with van der Waals surface area (Å²) in [6.45, 7) is 6.13. The molecule has 0 aliphatic carbocycles. The number of aromatic nitrogens is 1. The molecule has 0 saturated carbocycles. The molecule has 82 valence electrons. The van der Waals surface area contributed by atoms with Gasteiger partial charge in [0, 0.05) is 25.8 Å². The Morgan fingerprint density at radius 1 is 1.40 bits per heavy atom. The molecule has 0 spiro atoms. The molecular weight excluding hydrogens is 188 g/mol. The summed E-state index contributed by atoms with van der Waals surface area (Å²) in [5.74, 6) is 0.935. The van der Waals surface area contributed by atoms with Crippen LogP contribution in [0.5, 0.6) is 0 Å². The maximum absolute atomic E-state index is 5.98. The summed E-state index contributed by atoms with van der Waals surface area (Å²) in [7, 11) is 0. The molecule has 0 bridgehead atoms. The Kier molecular flexibility index (Phi) is 3.06. The van der Waals surface area contributed by atoms with E-state index in [1.165, 1.54) is 0 Å². The topological polar surface area (TPSA) is 54.2 Å². The van der Waals surface area contributed by atoms with Crippen molar-refractivity contribution < 1.29 is 0 Å². The van der Waals surface area contributed by atoms with Crippen molar-refractivity contribution in [2.24, 2.45) is 0 Å². The number of pyridine rings is 1. The van der Waals surface area contributed by atoms with E-state index < -0.39 is 0 Å². The molecule has 0 amide bonds. The molecule has 1 saturated heterocycles. The fourth-order valence-electron chi connectivity index (χ4n) is 1.91. The summed E-state index contributed by atoms with van der Waals surface area (Å²) in [5, 5.41) is 3.37. The fraction of sp³-hybridized carbons (Fsp3) is 0.545. The number of aryl methyl sites for hydroxylation is 1. The molecule has 1 aromatic rings. The van der Waals surface area contributed by atoms with E-state index in [1.54, 1.807) is 0 Å². The monoisotopic (exact) mass is 206 g/mol. The van der Waals surface area contributed by atoms with Gasteiger partial charge in [0.2, 0.25) is 0 Å². The number of anilines is 2. The number of nitrogens with two attached hydrogens (primary N) is 1. The molecule has 0 unspecified atom stereocenters. The Balaban J connectivity index is 2.19. The van der Waals surface area contributed by atoms with Crippen molar-refractivity contribution in [3.63, 3.8) is 0 Å². The van der Waals surface area contributed by atoms with Crippen LogP contribution in [-0.4, -0.2) is 31.2 Å². The van der Waals surface area contributed by atoms with E-state index in [-0.39, 0.29) is 0 Å². The predicted octanol–water partition coefficient (Wildman–Crippen LogP) is 0.772. The number of hydrogen-bond acceptors (Lipinski definition) is 4. The molecule has 3 N–H and O–H groups in total. The lowest BCUT2D eigenvalue weighted by atomic mass is 10.2. The second-order valence-corrected chi connectivity index (χ2v) is 4.02. The van der Waals surface area contributed by atoms with Gasteiger partial charge in [0.25, 0.3) is 0 Å². The van der Waals surface area contributed by atoms with Crippen LogP contribution in [0.25, 0.3) is 0 Å². The van der Waals surface area contributed by atoms with Gasteiger partial charge in [-0.05, 0) is 31.5 Å². The molecule has 4 nitrogen and oxygen atoms in total. The lowest BCUT2D eigenvalue weighted by molar-refractivity contribution is 0.724. The highest BCUT2D eigenvalue weighted by molar-refractivity contribution is 5.63.